The maximum absolute atomic E-state index is 13.3. The summed E-state index contributed by atoms with van der Waals surface area (Å²) in [6.07, 6.45) is 3.46. The minimum absolute atomic E-state index is 0.151. The summed E-state index contributed by atoms with van der Waals surface area (Å²) in [6.45, 7) is 5.45. The Morgan fingerprint density at radius 2 is 2.17 bits per heavy atom. The van der Waals surface area contributed by atoms with Crippen LogP contribution in [0.5, 0.6) is 0 Å². The first-order chi connectivity index (χ1) is 14.0. The van der Waals surface area contributed by atoms with Crippen LogP contribution in [0.4, 0.5) is 0 Å². The first kappa shape index (κ1) is 21.0. The van der Waals surface area contributed by atoms with E-state index in [1.807, 2.05) is 0 Å². The fraction of sp³-hybridized carbons (Fsp3) is 0.600. The summed E-state index contributed by atoms with van der Waals surface area (Å²) in [5, 5.41) is 0.186. The van der Waals surface area contributed by atoms with E-state index in [0.29, 0.717) is 51.3 Å². The van der Waals surface area contributed by atoms with Gasteiger partial charge in [0.2, 0.25) is 5.71 Å². The Hall–Kier alpha value is -2.68. The molecule has 0 aromatic carbocycles. The number of nitrogens with zero attached hydrogens (tertiary/aromatic N) is 3. The van der Waals surface area contributed by atoms with E-state index < -0.39 is 0 Å². The van der Waals surface area contributed by atoms with Crippen LogP contribution in [0.15, 0.2) is 15.5 Å². The van der Waals surface area contributed by atoms with Gasteiger partial charge in [0.25, 0.3) is 11.5 Å². The molecule has 1 aliphatic heterocycles. The second-order valence-electron chi connectivity index (χ2n) is 7.15. The van der Waals surface area contributed by atoms with Crippen molar-refractivity contribution in [1.82, 2.24) is 14.5 Å². The van der Waals surface area contributed by atoms with Gasteiger partial charge in [-0.1, -0.05) is 0 Å². The molecule has 0 bridgehead atoms. The van der Waals surface area contributed by atoms with Crippen LogP contribution < -0.4 is 5.56 Å². The molecule has 0 radical (unpaired) electrons. The minimum Gasteiger partial charge on any atom is -0.466 e. The Labute approximate surface area is 168 Å². The van der Waals surface area contributed by atoms with E-state index in [1.54, 1.807) is 25.9 Å². The summed E-state index contributed by atoms with van der Waals surface area (Å²) in [7, 11) is 1.60. The van der Waals surface area contributed by atoms with Crippen LogP contribution in [-0.2, 0) is 20.8 Å². The molecule has 1 saturated heterocycles. The molecule has 9 nitrogen and oxygen atoms in total. The first-order valence-electron chi connectivity index (χ1n) is 9.91. The van der Waals surface area contributed by atoms with Crippen LogP contribution in [0.3, 0.4) is 0 Å². The lowest BCUT2D eigenvalue weighted by Gasteiger charge is -2.31. The summed E-state index contributed by atoms with van der Waals surface area (Å²) in [5.41, 5.74) is 0.0612. The Bertz CT molecular complexity index is 948. The molecule has 3 heterocycles. The third-order valence-electron chi connectivity index (χ3n) is 5.14. The SMILES string of the molecule is CCOC(=O)C1CCCN(C(=O)c2c(C)oc3ncn(CCCOC)c(=O)c23)C1. The zero-order chi connectivity index (χ0) is 21.0. The van der Waals surface area contributed by atoms with Crippen molar-refractivity contribution >= 4 is 23.0 Å². The predicted octanol–water partition coefficient (Wildman–Crippen LogP) is 1.75. The van der Waals surface area contributed by atoms with Crippen molar-refractivity contribution in [3.63, 3.8) is 0 Å². The van der Waals surface area contributed by atoms with Crippen molar-refractivity contribution < 1.29 is 23.5 Å². The van der Waals surface area contributed by atoms with E-state index in [1.165, 1.54) is 10.9 Å². The van der Waals surface area contributed by atoms with Gasteiger partial charge in [-0.25, -0.2) is 4.98 Å². The smallest absolute Gasteiger partial charge is 0.310 e. The molecule has 29 heavy (non-hydrogen) atoms. The van der Waals surface area contributed by atoms with Gasteiger partial charge in [0, 0.05) is 33.4 Å². The minimum atomic E-state index is -0.352. The molecule has 2 aromatic heterocycles. The number of carbonyl (C=O) groups is 2. The molecule has 3 rings (SSSR count). The van der Waals surface area contributed by atoms with Crippen LogP contribution in [-0.4, -0.2) is 59.7 Å². The molecule has 0 spiro atoms. The molecule has 1 unspecified atom stereocenters. The highest BCUT2D eigenvalue weighted by atomic mass is 16.5. The number of hydrogen-bond acceptors (Lipinski definition) is 7. The van der Waals surface area contributed by atoms with Crippen molar-refractivity contribution in [1.29, 1.82) is 0 Å². The van der Waals surface area contributed by atoms with Gasteiger partial charge in [-0.2, -0.15) is 0 Å². The van der Waals surface area contributed by atoms with Gasteiger partial charge in [0.05, 0.1) is 18.1 Å². The van der Waals surface area contributed by atoms with Crippen molar-refractivity contribution in [2.24, 2.45) is 5.92 Å². The normalized spacial score (nSPS) is 16.9. The number of esters is 1. The Kier molecular flexibility index (Phi) is 6.68. The number of rotatable bonds is 7. The second kappa shape index (κ2) is 9.21. The summed E-state index contributed by atoms with van der Waals surface area (Å²) in [5.74, 6) is -0.609. The topological polar surface area (TPSA) is 104 Å². The molecular formula is C20H27N3O6. The van der Waals surface area contributed by atoms with Crippen molar-refractivity contribution in [2.75, 3.05) is 33.4 Å². The summed E-state index contributed by atoms with van der Waals surface area (Å²) in [4.78, 5) is 44.2. The number of fused-ring (bicyclic) bond motifs is 1. The fourth-order valence-corrected chi connectivity index (χ4v) is 3.71. The number of furan rings is 1. The summed E-state index contributed by atoms with van der Waals surface area (Å²) < 4.78 is 17.2. The Balaban J connectivity index is 1.91. The summed E-state index contributed by atoms with van der Waals surface area (Å²) >= 11 is 0. The number of hydrogen-bond donors (Lipinski definition) is 0. The van der Waals surface area contributed by atoms with Gasteiger partial charge >= 0.3 is 5.97 Å². The molecule has 0 saturated carbocycles. The molecule has 158 valence electrons. The van der Waals surface area contributed by atoms with E-state index in [9.17, 15) is 14.4 Å². The highest BCUT2D eigenvalue weighted by Gasteiger charge is 2.33. The lowest BCUT2D eigenvalue weighted by Crippen LogP contribution is -2.43. The molecule has 0 aliphatic carbocycles. The van der Waals surface area contributed by atoms with E-state index >= 15 is 0 Å². The van der Waals surface area contributed by atoms with Gasteiger partial charge in [-0.05, 0) is 33.1 Å². The standard InChI is InChI=1S/C20H27N3O6/c1-4-28-20(26)14-7-5-8-22(11-14)18(24)15-13(2)29-17-16(15)19(25)23(12-21-17)9-6-10-27-3/h12,14H,4-11H2,1-3H3. The third-order valence-corrected chi connectivity index (χ3v) is 5.14. The fourth-order valence-electron chi connectivity index (χ4n) is 3.71. The summed E-state index contributed by atoms with van der Waals surface area (Å²) in [6, 6.07) is 0. The monoisotopic (exact) mass is 405 g/mol. The maximum atomic E-state index is 13.3. The van der Waals surface area contributed by atoms with Gasteiger partial charge in [0.15, 0.2) is 0 Å². The molecule has 9 heteroatoms. The number of aromatic nitrogens is 2. The molecule has 1 aliphatic rings. The van der Waals surface area contributed by atoms with Gasteiger partial charge in [-0.3, -0.25) is 19.0 Å². The predicted molar refractivity (Wildman–Crippen MR) is 105 cm³/mol. The third kappa shape index (κ3) is 4.34. The maximum Gasteiger partial charge on any atom is 0.310 e. The number of likely N-dealkylation sites (tertiary alicyclic amines) is 1. The van der Waals surface area contributed by atoms with Crippen LogP contribution >= 0.6 is 0 Å². The molecule has 2 aromatic rings. The lowest BCUT2D eigenvalue weighted by molar-refractivity contribution is -0.149. The van der Waals surface area contributed by atoms with E-state index in [2.05, 4.69) is 4.98 Å². The number of amides is 1. The number of ether oxygens (including phenoxy) is 2. The second-order valence-corrected chi connectivity index (χ2v) is 7.15. The number of piperidine rings is 1. The van der Waals surface area contributed by atoms with Crippen LogP contribution in [0.2, 0.25) is 0 Å². The van der Waals surface area contributed by atoms with Crippen LogP contribution in [0.25, 0.3) is 11.1 Å². The number of aryl methyl sites for hydroxylation is 2. The average Bonchev–Trinajstić information content (AvgIpc) is 3.06. The lowest BCUT2D eigenvalue weighted by atomic mass is 9.97. The number of carbonyl (C=O) groups excluding carboxylic acids is 2. The molecule has 1 fully saturated rings. The molecule has 0 N–H and O–H groups in total. The van der Waals surface area contributed by atoms with Crippen molar-refractivity contribution in [2.45, 2.75) is 39.7 Å². The largest absolute Gasteiger partial charge is 0.466 e. The molecular weight excluding hydrogens is 378 g/mol. The van der Waals surface area contributed by atoms with Crippen LogP contribution in [0.1, 0.15) is 42.3 Å². The highest BCUT2D eigenvalue weighted by Crippen LogP contribution is 2.26. The van der Waals surface area contributed by atoms with E-state index in [-0.39, 0.29) is 46.6 Å². The average molecular weight is 405 g/mol. The van der Waals surface area contributed by atoms with Crippen LogP contribution in [0, 0.1) is 12.8 Å². The molecule has 1 amide bonds. The molecule has 1 atom stereocenters. The van der Waals surface area contributed by atoms with Crippen molar-refractivity contribution in [3.05, 3.63) is 28.0 Å². The Morgan fingerprint density at radius 1 is 1.38 bits per heavy atom. The first-order valence-corrected chi connectivity index (χ1v) is 9.91. The number of methoxy groups -OCH3 is 1. The zero-order valence-electron chi connectivity index (χ0n) is 17.1. The van der Waals surface area contributed by atoms with Crippen molar-refractivity contribution in [3.8, 4) is 0 Å². The van der Waals surface area contributed by atoms with Gasteiger partial charge in [-0.15, -0.1) is 0 Å². The van der Waals surface area contributed by atoms with Gasteiger partial charge < -0.3 is 18.8 Å². The Morgan fingerprint density at radius 3 is 2.90 bits per heavy atom. The quantitative estimate of drug-likeness (QED) is 0.510. The highest BCUT2D eigenvalue weighted by molar-refractivity contribution is 6.06. The van der Waals surface area contributed by atoms with E-state index in [0.717, 1.165) is 0 Å². The van der Waals surface area contributed by atoms with E-state index in [4.69, 9.17) is 13.9 Å². The zero-order valence-corrected chi connectivity index (χ0v) is 17.1. The van der Waals surface area contributed by atoms with Gasteiger partial charge in [0.1, 0.15) is 17.5 Å².